The van der Waals surface area contributed by atoms with E-state index in [-0.39, 0.29) is 18.0 Å². The van der Waals surface area contributed by atoms with Gasteiger partial charge in [0.2, 0.25) is 0 Å². The zero-order valence-corrected chi connectivity index (χ0v) is 13.0. The fraction of sp³-hybridized carbons (Fsp3) is 0.562. The van der Waals surface area contributed by atoms with Crippen LogP contribution in [0, 0.1) is 0 Å². The van der Waals surface area contributed by atoms with Crippen molar-refractivity contribution >= 4 is 11.9 Å². The van der Waals surface area contributed by atoms with Gasteiger partial charge in [-0.2, -0.15) is 0 Å². The van der Waals surface area contributed by atoms with Crippen LogP contribution < -0.4 is 5.73 Å². The SMILES string of the molecule is N[C@H]1C[C@@H](C(=O)O)N(C2CCN(C(=O)c3ccncc3)CC2)C1. The minimum Gasteiger partial charge on any atom is -0.480 e. The molecule has 3 rings (SSSR count). The predicted molar refractivity (Wildman–Crippen MR) is 83.9 cm³/mol. The Morgan fingerprint density at radius 2 is 1.87 bits per heavy atom. The summed E-state index contributed by atoms with van der Waals surface area (Å²) in [6.45, 7) is 1.91. The summed E-state index contributed by atoms with van der Waals surface area (Å²) in [6.07, 6.45) is 5.30. The number of hydrogen-bond donors (Lipinski definition) is 2. The second kappa shape index (κ2) is 6.64. The van der Waals surface area contributed by atoms with Crippen molar-refractivity contribution in [3.05, 3.63) is 30.1 Å². The van der Waals surface area contributed by atoms with Gasteiger partial charge in [0.1, 0.15) is 6.04 Å². The lowest BCUT2D eigenvalue weighted by Gasteiger charge is -2.38. The van der Waals surface area contributed by atoms with Crippen molar-refractivity contribution in [3.8, 4) is 0 Å². The van der Waals surface area contributed by atoms with Crippen LogP contribution in [-0.4, -0.2) is 69.5 Å². The quantitative estimate of drug-likeness (QED) is 0.824. The Kier molecular flexibility index (Phi) is 4.58. The molecule has 2 saturated heterocycles. The lowest BCUT2D eigenvalue weighted by atomic mass is 10.0. The highest BCUT2D eigenvalue weighted by molar-refractivity contribution is 5.94. The van der Waals surface area contributed by atoms with Crippen molar-refractivity contribution in [2.45, 2.75) is 37.4 Å². The van der Waals surface area contributed by atoms with E-state index >= 15 is 0 Å². The topological polar surface area (TPSA) is 99.8 Å². The van der Waals surface area contributed by atoms with Crippen LogP contribution >= 0.6 is 0 Å². The van der Waals surface area contributed by atoms with E-state index in [0.29, 0.717) is 31.6 Å². The van der Waals surface area contributed by atoms with E-state index in [9.17, 15) is 14.7 Å². The number of hydrogen-bond acceptors (Lipinski definition) is 5. The Hall–Kier alpha value is -1.99. The molecule has 2 aliphatic rings. The number of piperidine rings is 1. The highest BCUT2D eigenvalue weighted by Gasteiger charge is 2.40. The molecule has 0 aliphatic carbocycles. The molecule has 2 atom stereocenters. The lowest BCUT2D eigenvalue weighted by molar-refractivity contribution is -0.143. The van der Waals surface area contributed by atoms with Gasteiger partial charge in [0.25, 0.3) is 5.91 Å². The minimum atomic E-state index is -0.798. The number of carbonyl (C=O) groups excluding carboxylic acids is 1. The van der Waals surface area contributed by atoms with Gasteiger partial charge in [-0.1, -0.05) is 0 Å². The zero-order valence-electron chi connectivity index (χ0n) is 13.0. The molecule has 2 aliphatic heterocycles. The second-order valence-corrected chi connectivity index (χ2v) is 6.31. The van der Waals surface area contributed by atoms with Crippen molar-refractivity contribution in [1.82, 2.24) is 14.8 Å². The smallest absolute Gasteiger partial charge is 0.320 e. The first-order valence-electron chi connectivity index (χ1n) is 7.99. The number of rotatable bonds is 3. The van der Waals surface area contributed by atoms with Crippen LogP contribution in [0.5, 0.6) is 0 Å². The number of carboxylic acid groups (broad SMARTS) is 1. The molecule has 3 heterocycles. The van der Waals surface area contributed by atoms with Gasteiger partial charge in [0, 0.05) is 49.7 Å². The van der Waals surface area contributed by atoms with Crippen LogP contribution in [-0.2, 0) is 4.79 Å². The number of amides is 1. The Balaban J connectivity index is 1.60. The van der Waals surface area contributed by atoms with E-state index in [1.807, 2.05) is 9.80 Å². The van der Waals surface area contributed by atoms with Crippen LogP contribution in [0.4, 0.5) is 0 Å². The van der Waals surface area contributed by atoms with Crippen LogP contribution in [0.15, 0.2) is 24.5 Å². The first-order chi connectivity index (χ1) is 11.1. The normalized spacial score (nSPS) is 26.4. The number of nitrogens with two attached hydrogens (primary N) is 1. The van der Waals surface area contributed by atoms with Crippen molar-refractivity contribution in [2.24, 2.45) is 5.73 Å². The Morgan fingerprint density at radius 1 is 1.22 bits per heavy atom. The van der Waals surface area contributed by atoms with E-state index < -0.39 is 12.0 Å². The summed E-state index contributed by atoms with van der Waals surface area (Å²) in [6, 6.07) is 3.05. The number of nitrogens with zero attached hydrogens (tertiary/aromatic N) is 3. The van der Waals surface area contributed by atoms with Crippen molar-refractivity contribution in [2.75, 3.05) is 19.6 Å². The van der Waals surface area contributed by atoms with E-state index in [4.69, 9.17) is 5.73 Å². The highest BCUT2D eigenvalue weighted by Crippen LogP contribution is 2.26. The molecule has 7 heteroatoms. The molecule has 2 fully saturated rings. The van der Waals surface area contributed by atoms with Crippen molar-refractivity contribution in [3.63, 3.8) is 0 Å². The van der Waals surface area contributed by atoms with E-state index in [1.165, 1.54) is 0 Å². The zero-order chi connectivity index (χ0) is 16.4. The van der Waals surface area contributed by atoms with Gasteiger partial charge in [-0.25, -0.2) is 0 Å². The molecule has 1 aromatic heterocycles. The molecule has 7 nitrogen and oxygen atoms in total. The maximum Gasteiger partial charge on any atom is 0.320 e. The van der Waals surface area contributed by atoms with Crippen LogP contribution in [0.25, 0.3) is 0 Å². The third kappa shape index (κ3) is 3.35. The van der Waals surface area contributed by atoms with Crippen molar-refractivity contribution < 1.29 is 14.7 Å². The molecule has 0 aromatic carbocycles. The molecular formula is C16H22N4O3. The molecule has 0 unspecified atom stereocenters. The van der Waals surface area contributed by atoms with Gasteiger partial charge >= 0.3 is 5.97 Å². The molecule has 1 amide bonds. The van der Waals surface area contributed by atoms with Crippen LogP contribution in [0.2, 0.25) is 0 Å². The highest BCUT2D eigenvalue weighted by atomic mass is 16.4. The molecule has 23 heavy (non-hydrogen) atoms. The summed E-state index contributed by atoms with van der Waals surface area (Å²) in [5.41, 5.74) is 6.58. The van der Waals surface area contributed by atoms with Gasteiger partial charge in [0.15, 0.2) is 0 Å². The van der Waals surface area contributed by atoms with Gasteiger partial charge in [-0.3, -0.25) is 19.5 Å². The van der Waals surface area contributed by atoms with E-state index in [2.05, 4.69) is 4.98 Å². The number of carboxylic acids is 1. The van der Waals surface area contributed by atoms with Crippen molar-refractivity contribution in [1.29, 1.82) is 0 Å². The second-order valence-electron chi connectivity index (χ2n) is 6.31. The third-order valence-corrected chi connectivity index (χ3v) is 4.80. The molecular weight excluding hydrogens is 296 g/mol. The Bertz CT molecular complexity index is 572. The Labute approximate surface area is 135 Å². The van der Waals surface area contributed by atoms with Crippen LogP contribution in [0.1, 0.15) is 29.6 Å². The fourth-order valence-corrected chi connectivity index (χ4v) is 3.62. The molecule has 1 aromatic rings. The van der Waals surface area contributed by atoms with Gasteiger partial charge < -0.3 is 15.7 Å². The predicted octanol–water partition coefficient (Wildman–Crippen LogP) is 0.172. The van der Waals surface area contributed by atoms with Gasteiger partial charge in [-0.05, 0) is 31.4 Å². The number of aliphatic carboxylic acids is 1. The van der Waals surface area contributed by atoms with E-state index in [1.54, 1.807) is 24.5 Å². The fourth-order valence-electron chi connectivity index (χ4n) is 3.62. The monoisotopic (exact) mass is 318 g/mol. The maximum atomic E-state index is 12.4. The van der Waals surface area contributed by atoms with E-state index in [0.717, 1.165) is 12.8 Å². The molecule has 124 valence electrons. The molecule has 0 bridgehead atoms. The number of carbonyl (C=O) groups is 2. The largest absolute Gasteiger partial charge is 0.480 e. The average Bonchev–Trinajstić information content (AvgIpc) is 2.97. The first-order valence-corrected chi connectivity index (χ1v) is 7.99. The summed E-state index contributed by atoms with van der Waals surface area (Å²) < 4.78 is 0. The average molecular weight is 318 g/mol. The van der Waals surface area contributed by atoms with Crippen LogP contribution in [0.3, 0.4) is 0 Å². The summed E-state index contributed by atoms with van der Waals surface area (Å²) in [7, 11) is 0. The standard InChI is InChI=1S/C16H22N4O3/c17-12-9-14(16(22)23)20(10-12)13-3-7-19(8-4-13)15(21)11-1-5-18-6-2-11/h1-2,5-6,12-14H,3-4,7-10,17H2,(H,22,23)/t12-,14-/m0/s1. The third-order valence-electron chi connectivity index (χ3n) is 4.80. The number of pyridine rings is 1. The number of likely N-dealkylation sites (tertiary alicyclic amines) is 2. The first kappa shape index (κ1) is 15.9. The molecule has 0 saturated carbocycles. The summed E-state index contributed by atoms with van der Waals surface area (Å²) in [5, 5.41) is 9.35. The van der Waals surface area contributed by atoms with Gasteiger partial charge in [0.05, 0.1) is 0 Å². The summed E-state index contributed by atoms with van der Waals surface area (Å²) in [4.78, 5) is 31.6. The van der Waals surface area contributed by atoms with Gasteiger partial charge in [-0.15, -0.1) is 0 Å². The minimum absolute atomic E-state index is 0.0127. The molecule has 3 N–H and O–H groups in total. The summed E-state index contributed by atoms with van der Waals surface area (Å²) in [5.74, 6) is -0.785. The maximum absolute atomic E-state index is 12.4. The molecule has 0 radical (unpaired) electrons. The lowest BCUT2D eigenvalue weighted by Crippen LogP contribution is -2.50. The number of aromatic nitrogens is 1. The molecule has 0 spiro atoms. The summed E-state index contributed by atoms with van der Waals surface area (Å²) >= 11 is 0. The Morgan fingerprint density at radius 3 is 2.48 bits per heavy atom.